The predicted octanol–water partition coefficient (Wildman–Crippen LogP) is 7.73. The Balaban J connectivity index is 0.000000151. The molecule has 4 heteroatoms. The van der Waals surface area contributed by atoms with Gasteiger partial charge in [0.25, 0.3) is 0 Å². The molecule has 162 valence electrons. The molecule has 1 aromatic heterocycles. The van der Waals surface area contributed by atoms with Crippen molar-refractivity contribution in [3.8, 4) is 0 Å². The van der Waals surface area contributed by atoms with Crippen molar-refractivity contribution in [2.45, 2.75) is 64.8 Å². The average molecular weight is 479 g/mol. The Morgan fingerprint density at radius 1 is 1.03 bits per heavy atom. The maximum absolute atomic E-state index is 12.0. The third-order valence-electron chi connectivity index (χ3n) is 6.37. The molecule has 0 radical (unpaired) electrons. The number of rotatable bonds is 5. The number of imidazole rings is 1. The lowest BCUT2D eigenvalue weighted by atomic mass is 10.0. The lowest BCUT2D eigenvalue weighted by Crippen LogP contribution is -2.22. The summed E-state index contributed by atoms with van der Waals surface area (Å²) in [4.78, 5) is 15.0. The van der Waals surface area contributed by atoms with Crippen LogP contribution < -0.4 is 5.69 Å². The van der Waals surface area contributed by atoms with Crippen LogP contribution in [0.15, 0.2) is 63.9 Å². The van der Waals surface area contributed by atoms with E-state index in [-0.39, 0.29) is 5.69 Å². The first kappa shape index (κ1) is 21.9. The molecule has 1 atom stereocenters. The summed E-state index contributed by atoms with van der Waals surface area (Å²) in [5.74, 6) is 0.658. The average Bonchev–Trinajstić information content (AvgIpc) is 3.28. The molecule has 1 N–H and O–H groups in total. The van der Waals surface area contributed by atoms with Gasteiger partial charge >= 0.3 is 5.69 Å². The number of nitrogens with one attached hydrogen (secondary N) is 1. The molecule has 3 nitrogen and oxygen atoms in total. The molecule has 0 saturated carbocycles. The van der Waals surface area contributed by atoms with Gasteiger partial charge in [-0.15, -0.1) is 0 Å². The highest BCUT2D eigenvalue weighted by Gasteiger charge is 2.22. The van der Waals surface area contributed by atoms with Crippen LogP contribution in [0.25, 0.3) is 21.8 Å². The van der Waals surface area contributed by atoms with E-state index in [1.807, 2.05) is 28.8 Å². The van der Waals surface area contributed by atoms with Gasteiger partial charge in [0.05, 0.1) is 11.0 Å². The van der Waals surface area contributed by atoms with Gasteiger partial charge in [-0.25, -0.2) is 4.79 Å². The zero-order valence-electron chi connectivity index (χ0n) is 18.6. The topological polar surface area (TPSA) is 37.8 Å². The van der Waals surface area contributed by atoms with E-state index in [0.717, 1.165) is 36.7 Å². The number of para-hydroxylation sites is 2. The highest BCUT2D eigenvalue weighted by molar-refractivity contribution is 9.10. The number of aromatic nitrogens is 2. The first-order valence-corrected chi connectivity index (χ1v) is 12.2. The number of H-pyrrole nitrogens is 1. The number of halogens is 1. The molecule has 0 fully saturated rings. The number of hydrogen-bond acceptors (Lipinski definition) is 1. The van der Waals surface area contributed by atoms with Gasteiger partial charge in [0.1, 0.15) is 0 Å². The molecular weight excluding hydrogens is 448 g/mol. The quantitative estimate of drug-likeness (QED) is 0.312. The second kappa shape index (κ2) is 9.44. The van der Waals surface area contributed by atoms with Crippen LogP contribution in [-0.2, 0) is 6.42 Å². The summed E-state index contributed by atoms with van der Waals surface area (Å²) in [6, 6.07) is 19.2. The van der Waals surface area contributed by atoms with Gasteiger partial charge in [0.15, 0.2) is 0 Å². The zero-order chi connectivity index (χ0) is 22.0. The number of hydrogen-bond donors (Lipinski definition) is 1. The Labute approximate surface area is 192 Å². The number of fused-ring (bicyclic) bond motifs is 1. The standard InChI is InChI=1S/C14H20N2O.C13H11Br/c1-3-7-11(8-4-2)16-13-10-6-5-9-12(13)15-14(16)17;1-8-7-10-4-2-3-9-5-6-11(14)12(8)13(9)10/h5-6,9-11H,3-4,7-8H2,1-2H3,(H,15,17);2-6,8H,7H2,1H3. The van der Waals surface area contributed by atoms with E-state index < -0.39 is 0 Å². The van der Waals surface area contributed by atoms with E-state index in [1.54, 1.807) is 0 Å². The first-order chi connectivity index (χ1) is 15.0. The van der Waals surface area contributed by atoms with E-state index in [2.05, 4.69) is 72.0 Å². The van der Waals surface area contributed by atoms with Crippen LogP contribution in [0.4, 0.5) is 0 Å². The molecule has 3 aromatic carbocycles. The number of aromatic amines is 1. The number of benzene rings is 3. The van der Waals surface area contributed by atoms with Crippen LogP contribution in [0.2, 0.25) is 0 Å². The fourth-order valence-corrected chi connectivity index (χ4v) is 5.77. The van der Waals surface area contributed by atoms with Crippen LogP contribution in [0.5, 0.6) is 0 Å². The molecular formula is C27H31BrN2O. The predicted molar refractivity (Wildman–Crippen MR) is 135 cm³/mol. The third-order valence-corrected chi connectivity index (χ3v) is 7.06. The fourth-order valence-electron chi connectivity index (χ4n) is 5.05. The van der Waals surface area contributed by atoms with Crippen LogP contribution in [0.3, 0.4) is 0 Å². The van der Waals surface area contributed by atoms with Crippen LogP contribution in [0, 0.1) is 0 Å². The minimum absolute atomic E-state index is 0.0260. The van der Waals surface area contributed by atoms with E-state index in [1.165, 1.54) is 32.8 Å². The van der Waals surface area contributed by atoms with E-state index in [0.29, 0.717) is 12.0 Å². The van der Waals surface area contributed by atoms with Gasteiger partial charge in [-0.2, -0.15) is 0 Å². The molecule has 5 rings (SSSR count). The normalized spacial score (nSPS) is 14.9. The third kappa shape index (κ3) is 4.23. The summed E-state index contributed by atoms with van der Waals surface area (Å²) < 4.78 is 3.20. The lowest BCUT2D eigenvalue weighted by molar-refractivity contribution is 0.427. The minimum atomic E-state index is 0.0260. The Bertz CT molecular complexity index is 1250. The Morgan fingerprint density at radius 2 is 1.77 bits per heavy atom. The molecule has 0 aliphatic heterocycles. The van der Waals surface area contributed by atoms with Gasteiger partial charge in [-0.1, -0.05) is 85.9 Å². The second-order valence-corrected chi connectivity index (χ2v) is 9.48. The monoisotopic (exact) mass is 478 g/mol. The highest BCUT2D eigenvalue weighted by atomic mass is 79.9. The van der Waals surface area contributed by atoms with Gasteiger partial charge in [-0.3, -0.25) is 4.57 Å². The van der Waals surface area contributed by atoms with Crippen molar-refractivity contribution in [3.05, 3.63) is 80.7 Å². The highest BCUT2D eigenvalue weighted by Crippen LogP contribution is 2.41. The van der Waals surface area contributed by atoms with Crippen LogP contribution in [0.1, 0.15) is 69.5 Å². The summed E-state index contributed by atoms with van der Waals surface area (Å²) in [7, 11) is 0. The molecule has 0 amide bonds. The summed E-state index contributed by atoms with van der Waals surface area (Å²) in [6.07, 6.45) is 5.54. The van der Waals surface area contributed by atoms with Gasteiger partial charge in [0.2, 0.25) is 0 Å². The molecule has 0 bridgehead atoms. The summed E-state index contributed by atoms with van der Waals surface area (Å²) >= 11 is 3.65. The molecule has 1 aliphatic carbocycles. The summed E-state index contributed by atoms with van der Waals surface area (Å²) in [6.45, 7) is 6.64. The van der Waals surface area contributed by atoms with Gasteiger partial charge in [-0.05, 0) is 65.3 Å². The van der Waals surface area contributed by atoms with Crippen LogP contribution in [-0.4, -0.2) is 9.55 Å². The smallest absolute Gasteiger partial charge is 0.306 e. The molecule has 0 spiro atoms. The summed E-state index contributed by atoms with van der Waals surface area (Å²) in [5, 5.41) is 2.86. The van der Waals surface area contributed by atoms with E-state index in [9.17, 15) is 4.79 Å². The van der Waals surface area contributed by atoms with E-state index in [4.69, 9.17) is 0 Å². The Kier molecular flexibility index (Phi) is 6.66. The molecule has 1 aliphatic rings. The van der Waals surface area contributed by atoms with Gasteiger partial charge < -0.3 is 4.98 Å². The van der Waals surface area contributed by atoms with Crippen molar-refractivity contribution in [3.63, 3.8) is 0 Å². The maximum atomic E-state index is 12.0. The summed E-state index contributed by atoms with van der Waals surface area (Å²) in [5.41, 5.74) is 5.00. The molecule has 1 unspecified atom stereocenters. The van der Waals surface area contributed by atoms with Crippen molar-refractivity contribution in [2.75, 3.05) is 0 Å². The fraction of sp³-hybridized carbons (Fsp3) is 0.370. The number of nitrogens with zero attached hydrogens (tertiary/aromatic N) is 1. The maximum Gasteiger partial charge on any atom is 0.326 e. The van der Waals surface area contributed by atoms with Crippen molar-refractivity contribution in [1.82, 2.24) is 9.55 Å². The molecule has 1 heterocycles. The van der Waals surface area contributed by atoms with Crippen molar-refractivity contribution in [2.24, 2.45) is 0 Å². The van der Waals surface area contributed by atoms with Crippen molar-refractivity contribution in [1.29, 1.82) is 0 Å². The first-order valence-electron chi connectivity index (χ1n) is 11.4. The minimum Gasteiger partial charge on any atom is -0.306 e. The SMILES string of the molecule is CC1Cc2cccc3ccc(Br)c1c23.CCCC(CCC)n1c(=O)[nH]c2ccccc21. The second-order valence-electron chi connectivity index (χ2n) is 8.63. The Morgan fingerprint density at radius 3 is 2.52 bits per heavy atom. The Hall–Kier alpha value is -2.33. The molecule has 0 saturated heterocycles. The van der Waals surface area contributed by atoms with E-state index >= 15 is 0 Å². The molecule has 4 aromatic rings. The lowest BCUT2D eigenvalue weighted by Gasteiger charge is -2.17. The van der Waals surface area contributed by atoms with Crippen molar-refractivity contribution < 1.29 is 0 Å². The van der Waals surface area contributed by atoms with Crippen LogP contribution >= 0.6 is 15.9 Å². The van der Waals surface area contributed by atoms with Gasteiger partial charge in [0, 0.05) is 10.5 Å². The van der Waals surface area contributed by atoms with Crippen molar-refractivity contribution >= 4 is 37.7 Å². The molecule has 31 heavy (non-hydrogen) atoms. The zero-order valence-corrected chi connectivity index (χ0v) is 20.2. The largest absolute Gasteiger partial charge is 0.326 e.